The predicted molar refractivity (Wildman–Crippen MR) is 117 cm³/mol. The first-order valence-corrected chi connectivity index (χ1v) is 10.0. The molecule has 2 aliphatic heterocycles. The van der Waals surface area contributed by atoms with Gasteiger partial charge >= 0.3 is 6.03 Å². The van der Waals surface area contributed by atoms with E-state index in [2.05, 4.69) is 38.0 Å². The fourth-order valence-corrected chi connectivity index (χ4v) is 4.32. The maximum absolute atomic E-state index is 13.0. The minimum atomic E-state index is -0.740. The van der Waals surface area contributed by atoms with Gasteiger partial charge in [-0.25, -0.2) is 9.69 Å². The molecule has 6 heteroatoms. The van der Waals surface area contributed by atoms with Crippen molar-refractivity contribution in [2.45, 2.75) is 38.6 Å². The Morgan fingerprint density at radius 3 is 2.47 bits per heavy atom. The van der Waals surface area contributed by atoms with Crippen LogP contribution >= 0.6 is 0 Å². The Morgan fingerprint density at radius 2 is 1.77 bits per heavy atom. The van der Waals surface area contributed by atoms with Gasteiger partial charge in [0.05, 0.1) is 5.69 Å². The van der Waals surface area contributed by atoms with Crippen LogP contribution in [0.4, 0.5) is 16.2 Å². The number of amides is 4. The summed E-state index contributed by atoms with van der Waals surface area (Å²) in [6.45, 7) is 6.64. The summed E-state index contributed by atoms with van der Waals surface area (Å²) in [4.78, 5) is 41.0. The Labute approximate surface area is 176 Å². The summed E-state index contributed by atoms with van der Waals surface area (Å²) in [7, 11) is 2.09. The third kappa shape index (κ3) is 3.28. The summed E-state index contributed by atoms with van der Waals surface area (Å²) in [5.41, 5.74) is 3.51. The van der Waals surface area contributed by atoms with Crippen molar-refractivity contribution in [1.82, 2.24) is 5.32 Å². The number of nitrogens with one attached hydrogen (secondary N) is 1. The molecular formula is C24H25N3O3. The Balaban J connectivity index is 1.72. The van der Waals surface area contributed by atoms with Crippen molar-refractivity contribution in [3.8, 4) is 0 Å². The van der Waals surface area contributed by atoms with Crippen LogP contribution < -0.4 is 15.1 Å². The van der Waals surface area contributed by atoms with Gasteiger partial charge in [0.2, 0.25) is 0 Å². The average molecular weight is 403 g/mol. The van der Waals surface area contributed by atoms with E-state index in [0.717, 1.165) is 22.6 Å². The van der Waals surface area contributed by atoms with Gasteiger partial charge in [-0.15, -0.1) is 0 Å². The van der Waals surface area contributed by atoms with E-state index in [-0.39, 0.29) is 11.1 Å². The number of barbiturate groups is 1. The molecule has 0 aliphatic carbocycles. The van der Waals surface area contributed by atoms with E-state index in [1.54, 1.807) is 36.4 Å². The van der Waals surface area contributed by atoms with Crippen molar-refractivity contribution in [2.24, 2.45) is 0 Å². The van der Waals surface area contributed by atoms with E-state index in [0.29, 0.717) is 11.6 Å². The number of rotatable bonds is 2. The second-order valence-electron chi connectivity index (χ2n) is 8.59. The molecular weight excluding hydrogens is 378 g/mol. The first-order valence-electron chi connectivity index (χ1n) is 10.0. The zero-order valence-corrected chi connectivity index (χ0v) is 17.6. The third-order valence-corrected chi connectivity index (χ3v) is 6.08. The largest absolute Gasteiger partial charge is 0.369 e. The van der Waals surface area contributed by atoms with Crippen LogP contribution in [0.2, 0.25) is 0 Å². The third-order valence-electron chi connectivity index (χ3n) is 6.08. The van der Waals surface area contributed by atoms with Crippen molar-refractivity contribution >= 4 is 35.3 Å². The lowest BCUT2D eigenvalue weighted by Gasteiger charge is -2.45. The Bertz CT molecular complexity index is 1070. The summed E-state index contributed by atoms with van der Waals surface area (Å²) in [5.74, 6) is -0.956. The number of anilines is 2. The van der Waals surface area contributed by atoms with Gasteiger partial charge in [0.1, 0.15) is 5.57 Å². The number of carbonyl (C=O) groups is 3. The number of hydrogen-bond donors (Lipinski definition) is 1. The molecule has 0 aromatic heterocycles. The molecule has 2 heterocycles. The molecule has 2 aromatic rings. The van der Waals surface area contributed by atoms with Gasteiger partial charge in [-0.2, -0.15) is 0 Å². The first kappa shape index (κ1) is 19.9. The van der Waals surface area contributed by atoms with Gasteiger partial charge in [0.25, 0.3) is 11.8 Å². The maximum atomic E-state index is 13.0. The number of benzene rings is 2. The van der Waals surface area contributed by atoms with Crippen LogP contribution in [0.25, 0.3) is 6.08 Å². The number of carbonyl (C=O) groups excluding carboxylic acids is 3. The van der Waals surface area contributed by atoms with E-state index < -0.39 is 17.8 Å². The standard InChI is InChI=1S/C24H25N3O3/c1-15-14-24(2,3)26(4)20-11-10-16(12-18(15)20)13-19-21(28)25-23(30)27(22(19)29)17-8-6-5-7-9-17/h5-13,15H,14H2,1-4H3,(H,25,28,30)/b19-13+. The highest BCUT2D eigenvalue weighted by Crippen LogP contribution is 2.42. The van der Waals surface area contributed by atoms with Crippen LogP contribution in [0.3, 0.4) is 0 Å². The number of urea groups is 1. The minimum Gasteiger partial charge on any atom is -0.369 e. The second-order valence-corrected chi connectivity index (χ2v) is 8.59. The highest BCUT2D eigenvalue weighted by molar-refractivity contribution is 6.39. The minimum absolute atomic E-state index is 0.0577. The average Bonchev–Trinajstić information content (AvgIpc) is 2.70. The molecule has 1 fully saturated rings. The Kier molecular flexibility index (Phi) is 4.73. The van der Waals surface area contributed by atoms with E-state index in [1.165, 1.54) is 5.56 Å². The fraction of sp³-hybridized carbons (Fsp3) is 0.292. The highest BCUT2D eigenvalue weighted by Gasteiger charge is 2.37. The monoisotopic (exact) mass is 403 g/mol. The van der Waals surface area contributed by atoms with Gasteiger partial charge in [-0.05, 0) is 67.7 Å². The smallest absolute Gasteiger partial charge is 0.335 e. The first-order chi connectivity index (χ1) is 14.2. The number of fused-ring (bicyclic) bond motifs is 1. The zero-order valence-electron chi connectivity index (χ0n) is 17.6. The fourth-order valence-electron chi connectivity index (χ4n) is 4.32. The highest BCUT2D eigenvalue weighted by atomic mass is 16.2. The lowest BCUT2D eigenvalue weighted by molar-refractivity contribution is -0.122. The predicted octanol–water partition coefficient (Wildman–Crippen LogP) is 4.08. The van der Waals surface area contributed by atoms with Gasteiger partial charge in [-0.3, -0.25) is 14.9 Å². The number of para-hydroxylation sites is 1. The summed E-state index contributed by atoms with van der Waals surface area (Å²) in [6.07, 6.45) is 2.57. The molecule has 0 radical (unpaired) electrons. The van der Waals surface area contributed by atoms with Gasteiger partial charge in [0, 0.05) is 18.3 Å². The van der Waals surface area contributed by atoms with Crippen LogP contribution in [0.15, 0.2) is 54.1 Å². The molecule has 30 heavy (non-hydrogen) atoms. The van der Waals surface area contributed by atoms with E-state index >= 15 is 0 Å². The molecule has 4 rings (SSSR count). The molecule has 1 saturated heterocycles. The quantitative estimate of drug-likeness (QED) is 0.606. The van der Waals surface area contributed by atoms with Crippen molar-refractivity contribution in [1.29, 1.82) is 0 Å². The SMILES string of the molecule is CC1CC(C)(C)N(C)c2ccc(/C=C3\C(=O)NC(=O)N(c4ccccc4)C3=O)cc21. The summed E-state index contributed by atoms with van der Waals surface area (Å²) < 4.78 is 0. The van der Waals surface area contributed by atoms with E-state index in [9.17, 15) is 14.4 Å². The summed E-state index contributed by atoms with van der Waals surface area (Å²) >= 11 is 0. The van der Waals surface area contributed by atoms with Gasteiger partial charge in [-0.1, -0.05) is 31.2 Å². The molecule has 4 amide bonds. The van der Waals surface area contributed by atoms with E-state index in [1.807, 2.05) is 18.2 Å². The molecule has 2 aliphatic rings. The Hall–Kier alpha value is -3.41. The van der Waals surface area contributed by atoms with Crippen molar-refractivity contribution < 1.29 is 14.4 Å². The molecule has 6 nitrogen and oxygen atoms in total. The molecule has 0 saturated carbocycles. The topological polar surface area (TPSA) is 69.7 Å². The summed E-state index contributed by atoms with van der Waals surface area (Å²) in [6, 6.07) is 13.8. The molecule has 0 spiro atoms. The molecule has 0 bridgehead atoms. The maximum Gasteiger partial charge on any atom is 0.335 e. The second kappa shape index (κ2) is 7.13. The lowest BCUT2D eigenvalue weighted by Crippen LogP contribution is -2.54. The molecule has 1 atom stereocenters. The van der Waals surface area contributed by atoms with Crippen molar-refractivity contribution in [3.63, 3.8) is 0 Å². The number of nitrogens with zero attached hydrogens (tertiary/aromatic N) is 2. The summed E-state index contributed by atoms with van der Waals surface area (Å²) in [5, 5.41) is 2.27. The molecule has 2 aromatic carbocycles. The zero-order chi connectivity index (χ0) is 21.6. The normalized spacial score (nSPS) is 22.2. The van der Waals surface area contributed by atoms with Crippen molar-refractivity contribution in [3.05, 3.63) is 65.2 Å². The van der Waals surface area contributed by atoms with Crippen LogP contribution in [-0.2, 0) is 9.59 Å². The molecule has 1 N–H and O–H groups in total. The van der Waals surface area contributed by atoms with E-state index in [4.69, 9.17) is 0 Å². The lowest BCUT2D eigenvalue weighted by atomic mass is 9.80. The van der Waals surface area contributed by atoms with Gasteiger partial charge in [0.15, 0.2) is 0 Å². The van der Waals surface area contributed by atoms with Crippen LogP contribution in [0.1, 0.15) is 44.2 Å². The molecule has 1 unspecified atom stereocenters. The molecule has 154 valence electrons. The number of hydrogen-bond acceptors (Lipinski definition) is 4. The van der Waals surface area contributed by atoms with Crippen LogP contribution in [0, 0.1) is 0 Å². The Morgan fingerprint density at radius 1 is 1.07 bits per heavy atom. The van der Waals surface area contributed by atoms with Crippen molar-refractivity contribution in [2.75, 3.05) is 16.8 Å². The van der Waals surface area contributed by atoms with Crippen LogP contribution in [0.5, 0.6) is 0 Å². The van der Waals surface area contributed by atoms with Crippen LogP contribution in [-0.4, -0.2) is 30.4 Å². The number of imide groups is 2. The van der Waals surface area contributed by atoms with Gasteiger partial charge < -0.3 is 4.90 Å².